The van der Waals surface area contributed by atoms with Crippen molar-refractivity contribution in [2.75, 3.05) is 6.61 Å². The van der Waals surface area contributed by atoms with Gasteiger partial charge in [-0.25, -0.2) is 0 Å². The summed E-state index contributed by atoms with van der Waals surface area (Å²) in [5.41, 5.74) is 0. The van der Waals surface area contributed by atoms with Crippen LogP contribution in [-0.4, -0.2) is 24.5 Å². The summed E-state index contributed by atoms with van der Waals surface area (Å²) in [5.74, 6) is 0.293. The van der Waals surface area contributed by atoms with Gasteiger partial charge in [-0.05, 0) is 5.92 Å². The Morgan fingerprint density at radius 1 is 1.57 bits per heavy atom. The maximum atomic E-state index is 11.2. The van der Waals surface area contributed by atoms with Crippen molar-refractivity contribution < 1.29 is 14.3 Å². The molecule has 0 aromatic carbocycles. The highest BCUT2D eigenvalue weighted by Gasteiger charge is 2.40. The van der Waals surface area contributed by atoms with Crippen molar-refractivity contribution in [1.29, 1.82) is 0 Å². The molecular formula is C10H17NO3. The third-order valence-corrected chi connectivity index (χ3v) is 2.52. The Labute approximate surface area is 84.0 Å². The van der Waals surface area contributed by atoms with Crippen LogP contribution < -0.4 is 5.32 Å². The van der Waals surface area contributed by atoms with Gasteiger partial charge >= 0.3 is 5.97 Å². The fourth-order valence-corrected chi connectivity index (χ4v) is 1.80. The number of β-lactam (4-membered cyclic amide) rings is 1. The molecule has 4 nitrogen and oxygen atoms in total. The second-order valence-electron chi connectivity index (χ2n) is 4.01. The van der Waals surface area contributed by atoms with Gasteiger partial charge in [0.05, 0.1) is 12.5 Å². The van der Waals surface area contributed by atoms with Crippen LogP contribution in [-0.2, 0) is 14.3 Å². The zero-order chi connectivity index (χ0) is 10.7. The zero-order valence-electron chi connectivity index (χ0n) is 8.87. The maximum absolute atomic E-state index is 11.2. The number of ether oxygens (including phenoxy) is 1. The normalized spacial score (nSPS) is 25.6. The average Bonchev–Trinajstić information content (AvgIpc) is 2.00. The molecule has 1 amide bonds. The smallest absolute Gasteiger partial charge is 0.302 e. The first-order valence-electron chi connectivity index (χ1n) is 4.96. The lowest BCUT2D eigenvalue weighted by Gasteiger charge is -2.39. The number of hydrogen-bond acceptors (Lipinski definition) is 3. The van der Waals surface area contributed by atoms with Gasteiger partial charge in [-0.1, -0.05) is 13.8 Å². The van der Waals surface area contributed by atoms with E-state index in [1.165, 1.54) is 6.92 Å². The van der Waals surface area contributed by atoms with E-state index >= 15 is 0 Å². The second-order valence-corrected chi connectivity index (χ2v) is 4.01. The first-order chi connectivity index (χ1) is 6.52. The predicted octanol–water partition coefficient (Wildman–Crippen LogP) is 0.710. The van der Waals surface area contributed by atoms with Gasteiger partial charge in [-0.3, -0.25) is 9.59 Å². The van der Waals surface area contributed by atoms with E-state index in [1.807, 2.05) is 13.8 Å². The van der Waals surface area contributed by atoms with Crippen LogP contribution >= 0.6 is 0 Å². The predicted molar refractivity (Wildman–Crippen MR) is 51.5 cm³/mol. The van der Waals surface area contributed by atoms with Crippen LogP contribution in [0.15, 0.2) is 0 Å². The topological polar surface area (TPSA) is 55.4 Å². The van der Waals surface area contributed by atoms with E-state index in [2.05, 4.69) is 5.32 Å². The molecule has 1 aliphatic heterocycles. The molecule has 0 aromatic rings. The zero-order valence-corrected chi connectivity index (χ0v) is 8.87. The van der Waals surface area contributed by atoms with Gasteiger partial charge in [0.1, 0.15) is 0 Å². The lowest BCUT2D eigenvalue weighted by molar-refractivity contribution is -0.142. The molecule has 0 unspecified atom stereocenters. The highest BCUT2D eigenvalue weighted by molar-refractivity contribution is 5.86. The SMILES string of the molecule is CC(=O)OCC[C@H]1NC(=O)[C@@H]1C(C)C. The highest BCUT2D eigenvalue weighted by atomic mass is 16.5. The number of carbonyl (C=O) groups excluding carboxylic acids is 2. The first kappa shape index (κ1) is 11.0. The molecule has 0 saturated carbocycles. The van der Waals surface area contributed by atoms with E-state index in [1.54, 1.807) is 0 Å². The van der Waals surface area contributed by atoms with Gasteiger partial charge in [0.25, 0.3) is 0 Å². The van der Waals surface area contributed by atoms with Gasteiger partial charge in [0.2, 0.25) is 5.91 Å². The Kier molecular flexibility index (Phi) is 3.49. The first-order valence-corrected chi connectivity index (χ1v) is 4.96. The molecule has 0 bridgehead atoms. The molecule has 2 atom stereocenters. The van der Waals surface area contributed by atoms with Crippen LogP contribution in [0.25, 0.3) is 0 Å². The number of rotatable bonds is 4. The van der Waals surface area contributed by atoms with E-state index < -0.39 is 0 Å². The lowest BCUT2D eigenvalue weighted by atomic mass is 9.80. The summed E-state index contributed by atoms with van der Waals surface area (Å²) in [6.45, 7) is 5.84. The van der Waals surface area contributed by atoms with E-state index in [-0.39, 0.29) is 23.8 Å². The molecule has 14 heavy (non-hydrogen) atoms. The Morgan fingerprint density at radius 2 is 2.21 bits per heavy atom. The molecule has 0 radical (unpaired) electrons. The minimum atomic E-state index is -0.267. The quantitative estimate of drug-likeness (QED) is 0.536. The summed E-state index contributed by atoms with van der Waals surface area (Å²) in [7, 11) is 0. The van der Waals surface area contributed by atoms with Crippen molar-refractivity contribution >= 4 is 11.9 Å². The summed E-state index contributed by atoms with van der Waals surface area (Å²) in [6.07, 6.45) is 0.716. The lowest BCUT2D eigenvalue weighted by Crippen LogP contribution is -2.60. The Balaban J connectivity index is 2.26. The van der Waals surface area contributed by atoms with Gasteiger partial charge in [0.15, 0.2) is 0 Å². The Hall–Kier alpha value is -1.06. The van der Waals surface area contributed by atoms with E-state index in [0.29, 0.717) is 18.9 Å². The molecule has 0 aliphatic carbocycles. The van der Waals surface area contributed by atoms with E-state index in [9.17, 15) is 9.59 Å². The molecule has 1 N–H and O–H groups in total. The molecule has 1 heterocycles. The van der Waals surface area contributed by atoms with Crippen LogP contribution in [0.2, 0.25) is 0 Å². The molecule has 0 aromatic heterocycles. The molecule has 80 valence electrons. The van der Waals surface area contributed by atoms with Crippen LogP contribution in [0.4, 0.5) is 0 Å². The van der Waals surface area contributed by atoms with Crippen molar-refractivity contribution in [2.45, 2.75) is 33.2 Å². The van der Waals surface area contributed by atoms with E-state index in [4.69, 9.17) is 4.74 Å². The van der Waals surface area contributed by atoms with Crippen LogP contribution in [0.1, 0.15) is 27.2 Å². The summed E-state index contributed by atoms with van der Waals surface area (Å²) >= 11 is 0. The molecule has 1 saturated heterocycles. The minimum absolute atomic E-state index is 0.0885. The molecular weight excluding hydrogens is 182 g/mol. The van der Waals surface area contributed by atoms with Gasteiger partial charge in [0, 0.05) is 19.4 Å². The van der Waals surface area contributed by atoms with Crippen LogP contribution in [0, 0.1) is 11.8 Å². The number of carbonyl (C=O) groups is 2. The van der Waals surface area contributed by atoms with Crippen molar-refractivity contribution in [3.8, 4) is 0 Å². The summed E-state index contributed by atoms with van der Waals surface area (Å²) < 4.78 is 4.82. The molecule has 1 rings (SSSR count). The van der Waals surface area contributed by atoms with Gasteiger partial charge in [-0.15, -0.1) is 0 Å². The number of hydrogen-bond donors (Lipinski definition) is 1. The molecule has 0 spiro atoms. The second kappa shape index (κ2) is 4.44. The average molecular weight is 199 g/mol. The third kappa shape index (κ3) is 2.47. The monoisotopic (exact) mass is 199 g/mol. The summed E-state index contributed by atoms with van der Waals surface area (Å²) in [6, 6.07) is 0.182. The Bertz CT molecular complexity index is 238. The highest BCUT2D eigenvalue weighted by Crippen LogP contribution is 2.25. The maximum Gasteiger partial charge on any atom is 0.302 e. The van der Waals surface area contributed by atoms with Gasteiger partial charge < -0.3 is 10.1 Å². The van der Waals surface area contributed by atoms with Crippen molar-refractivity contribution in [2.24, 2.45) is 11.8 Å². The van der Waals surface area contributed by atoms with Crippen LogP contribution in [0.3, 0.4) is 0 Å². The third-order valence-electron chi connectivity index (χ3n) is 2.52. The van der Waals surface area contributed by atoms with E-state index in [0.717, 1.165) is 0 Å². The fourth-order valence-electron chi connectivity index (χ4n) is 1.80. The van der Waals surface area contributed by atoms with Crippen molar-refractivity contribution in [1.82, 2.24) is 5.32 Å². The van der Waals surface area contributed by atoms with Gasteiger partial charge in [-0.2, -0.15) is 0 Å². The standard InChI is InChI=1S/C10H17NO3/c1-6(2)9-8(11-10(9)13)4-5-14-7(3)12/h6,8-9H,4-5H2,1-3H3,(H,11,13)/t8-,9-/m1/s1. The van der Waals surface area contributed by atoms with Crippen molar-refractivity contribution in [3.05, 3.63) is 0 Å². The number of amides is 1. The largest absolute Gasteiger partial charge is 0.466 e. The number of esters is 1. The molecule has 1 aliphatic rings. The number of nitrogens with one attached hydrogen (secondary N) is 1. The van der Waals surface area contributed by atoms with Crippen LogP contribution in [0.5, 0.6) is 0 Å². The molecule has 1 fully saturated rings. The summed E-state index contributed by atoms with van der Waals surface area (Å²) in [4.78, 5) is 21.7. The fraction of sp³-hybridized carbons (Fsp3) is 0.800. The minimum Gasteiger partial charge on any atom is -0.466 e. The van der Waals surface area contributed by atoms with Crippen molar-refractivity contribution in [3.63, 3.8) is 0 Å². The Morgan fingerprint density at radius 3 is 2.64 bits per heavy atom. The molecule has 4 heteroatoms. The summed E-state index contributed by atoms with van der Waals surface area (Å²) in [5, 5.41) is 2.82.